The highest BCUT2D eigenvalue weighted by Crippen LogP contribution is 2.60. The van der Waals surface area contributed by atoms with Crippen molar-refractivity contribution in [3.63, 3.8) is 0 Å². The summed E-state index contributed by atoms with van der Waals surface area (Å²) >= 11 is 0. The maximum Gasteiger partial charge on any atom is 0.264 e. The largest absolute Gasteiger partial charge is 0.432 e. The molecule has 0 radical (unpaired) electrons. The number of hydrogen-bond donors (Lipinski definition) is 4. The van der Waals surface area contributed by atoms with Crippen molar-refractivity contribution in [2.45, 2.75) is 69.2 Å². The Bertz CT molecular complexity index is 1970. The molecule has 0 bridgehead atoms. The lowest BCUT2D eigenvalue weighted by molar-refractivity contribution is -0.151. The number of aliphatic hydroxyl groups excluding tert-OH is 1. The third-order valence-corrected chi connectivity index (χ3v) is 13.4. The Kier molecular flexibility index (Phi) is 9.09. The van der Waals surface area contributed by atoms with Crippen LogP contribution in [0.5, 0.6) is 0 Å². The number of hydrogen-bond acceptors (Lipinski definition) is 7. The highest BCUT2D eigenvalue weighted by atomic mass is 28.4. The molecule has 0 unspecified atom stereocenters. The van der Waals surface area contributed by atoms with E-state index in [0.29, 0.717) is 47.7 Å². The maximum absolute atomic E-state index is 14.9. The first-order valence-electron chi connectivity index (χ1n) is 17.4. The molecule has 1 saturated heterocycles. The van der Waals surface area contributed by atoms with Gasteiger partial charge in [0.2, 0.25) is 5.91 Å². The molecule has 51 heavy (non-hydrogen) atoms. The van der Waals surface area contributed by atoms with Crippen molar-refractivity contribution in [2.75, 3.05) is 22.6 Å². The van der Waals surface area contributed by atoms with Gasteiger partial charge in [-0.2, -0.15) is 0 Å². The SMILES string of the molecule is C[C@@H]1[C@@H]([Si](C)(C)O)[C@H](CC(=O)N2Cc3ccccc3C[C@H]2CO)O[C@@]12C(=O)N(Cc1ccccc1)c1ccc(NC(=O)c3ccc(N)cc3)cc12. The first kappa shape index (κ1) is 34.6. The summed E-state index contributed by atoms with van der Waals surface area (Å²) in [6.45, 7) is 6.06. The number of rotatable bonds is 8. The molecule has 11 heteroatoms. The van der Waals surface area contributed by atoms with E-state index in [1.807, 2.05) is 80.7 Å². The molecule has 4 aromatic carbocycles. The van der Waals surface area contributed by atoms with Crippen LogP contribution < -0.4 is 16.0 Å². The monoisotopic (exact) mass is 704 g/mol. The Morgan fingerprint density at radius 2 is 1.67 bits per heavy atom. The van der Waals surface area contributed by atoms with Crippen LogP contribution >= 0.6 is 0 Å². The molecule has 5 atom stereocenters. The summed E-state index contributed by atoms with van der Waals surface area (Å²) in [5, 5.41) is 13.3. The lowest BCUT2D eigenvalue weighted by Crippen LogP contribution is -2.48. The van der Waals surface area contributed by atoms with Crippen LogP contribution in [0.2, 0.25) is 18.6 Å². The molecular formula is C40H44N4O6Si. The molecule has 264 valence electrons. The fourth-order valence-electron chi connectivity index (χ4n) is 8.45. The fourth-order valence-corrected chi connectivity index (χ4v) is 11.0. The Labute approximate surface area is 299 Å². The van der Waals surface area contributed by atoms with E-state index in [1.165, 1.54) is 0 Å². The Hall–Kier alpha value is -4.81. The zero-order valence-corrected chi connectivity index (χ0v) is 30.1. The van der Waals surface area contributed by atoms with Gasteiger partial charge in [0.15, 0.2) is 13.9 Å². The van der Waals surface area contributed by atoms with Crippen LogP contribution in [-0.4, -0.2) is 59.6 Å². The zero-order valence-electron chi connectivity index (χ0n) is 29.1. The van der Waals surface area contributed by atoms with E-state index >= 15 is 0 Å². The van der Waals surface area contributed by atoms with Crippen LogP contribution in [0.1, 0.15) is 46.0 Å². The number of nitrogens with one attached hydrogen (secondary N) is 1. The Morgan fingerprint density at radius 1 is 0.980 bits per heavy atom. The second-order valence-electron chi connectivity index (χ2n) is 14.6. The van der Waals surface area contributed by atoms with Crippen LogP contribution in [0, 0.1) is 5.92 Å². The lowest BCUT2D eigenvalue weighted by Gasteiger charge is -2.37. The molecule has 1 spiro atoms. The van der Waals surface area contributed by atoms with Gasteiger partial charge in [-0.3, -0.25) is 14.4 Å². The van der Waals surface area contributed by atoms with E-state index < -0.39 is 31.5 Å². The maximum atomic E-state index is 14.9. The average Bonchev–Trinajstić information content (AvgIpc) is 3.54. The third-order valence-electron chi connectivity index (χ3n) is 10.9. The summed E-state index contributed by atoms with van der Waals surface area (Å²) < 4.78 is 6.97. The predicted octanol–water partition coefficient (Wildman–Crippen LogP) is 5.20. The molecule has 0 aromatic heterocycles. The minimum atomic E-state index is -3.07. The number of fused-ring (bicyclic) bond motifs is 3. The summed E-state index contributed by atoms with van der Waals surface area (Å²) in [5.74, 6) is -1.30. The Morgan fingerprint density at radius 3 is 2.35 bits per heavy atom. The number of nitrogen functional groups attached to an aromatic ring is 1. The van der Waals surface area contributed by atoms with Crippen LogP contribution in [-0.2, 0) is 39.4 Å². The zero-order chi connectivity index (χ0) is 36.1. The van der Waals surface area contributed by atoms with E-state index in [-0.39, 0.29) is 36.8 Å². The minimum Gasteiger partial charge on any atom is -0.432 e. The number of benzene rings is 4. The van der Waals surface area contributed by atoms with Crippen molar-refractivity contribution in [1.29, 1.82) is 0 Å². The van der Waals surface area contributed by atoms with E-state index in [1.54, 1.807) is 46.2 Å². The van der Waals surface area contributed by atoms with Crippen molar-refractivity contribution in [2.24, 2.45) is 5.92 Å². The van der Waals surface area contributed by atoms with E-state index in [9.17, 15) is 24.3 Å². The highest BCUT2D eigenvalue weighted by Gasteiger charge is 2.66. The predicted molar refractivity (Wildman–Crippen MR) is 198 cm³/mol. The van der Waals surface area contributed by atoms with Gasteiger partial charge in [0.05, 0.1) is 37.4 Å². The number of aliphatic hydroxyl groups is 1. The normalized spacial score (nSPS) is 24.1. The second-order valence-corrected chi connectivity index (χ2v) is 18.6. The molecule has 3 aliphatic rings. The van der Waals surface area contributed by atoms with Gasteiger partial charge >= 0.3 is 0 Å². The number of nitrogens with two attached hydrogens (primary N) is 1. The third kappa shape index (κ3) is 6.24. The van der Waals surface area contributed by atoms with Crippen molar-refractivity contribution in [1.82, 2.24) is 4.90 Å². The average molecular weight is 705 g/mol. The van der Waals surface area contributed by atoms with Crippen LogP contribution in [0.4, 0.5) is 17.1 Å². The summed E-state index contributed by atoms with van der Waals surface area (Å²) in [7, 11) is -3.07. The van der Waals surface area contributed by atoms with Gasteiger partial charge in [-0.15, -0.1) is 0 Å². The van der Waals surface area contributed by atoms with E-state index in [4.69, 9.17) is 10.5 Å². The van der Waals surface area contributed by atoms with Crippen LogP contribution in [0.15, 0.2) is 97.1 Å². The van der Waals surface area contributed by atoms with Gasteiger partial charge in [-0.25, -0.2) is 0 Å². The number of ether oxygens (including phenoxy) is 1. The minimum absolute atomic E-state index is 0.0543. The van der Waals surface area contributed by atoms with Crippen molar-refractivity contribution < 1.29 is 29.0 Å². The molecule has 0 aliphatic carbocycles. The van der Waals surface area contributed by atoms with Gasteiger partial charge in [0.1, 0.15) is 0 Å². The molecule has 1 fully saturated rings. The molecule has 3 amide bonds. The highest BCUT2D eigenvalue weighted by molar-refractivity contribution is 6.71. The van der Waals surface area contributed by atoms with Crippen molar-refractivity contribution in [3.8, 4) is 0 Å². The summed E-state index contributed by atoms with van der Waals surface area (Å²) in [6.07, 6.45) is -0.280. The van der Waals surface area contributed by atoms with Crippen molar-refractivity contribution >= 4 is 43.1 Å². The molecule has 4 aromatic rings. The molecule has 3 aliphatic heterocycles. The summed E-state index contributed by atoms with van der Waals surface area (Å²) in [4.78, 5) is 57.6. The van der Waals surface area contributed by atoms with Gasteiger partial charge in [-0.1, -0.05) is 61.5 Å². The molecule has 5 N–H and O–H groups in total. The van der Waals surface area contributed by atoms with Gasteiger partial charge in [0.25, 0.3) is 11.8 Å². The van der Waals surface area contributed by atoms with Gasteiger partial charge in [0, 0.05) is 40.5 Å². The smallest absolute Gasteiger partial charge is 0.264 e. The number of nitrogens with zero attached hydrogens (tertiary/aromatic N) is 2. The number of carbonyl (C=O) groups is 3. The summed E-state index contributed by atoms with van der Waals surface area (Å²) in [5.41, 5.74) is 9.60. The fraction of sp³-hybridized carbons (Fsp3) is 0.325. The topological polar surface area (TPSA) is 145 Å². The van der Waals surface area contributed by atoms with E-state index in [2.05, 4.69) is 5.32 Å². The second kappa shape index (κ2) is 13.4. The standard InChI is InChI=1S/C40H44N4O6Si/c1-25-37(51(2,3)49)35(21-36(46)43-23-29-12-8-7-11-28(29)19-32(43)24-45)50-40(25)33-20-31(42-38(47)27-13-15-30(41)16-14-27)17-18-34(33)44(39(40)48)22-26-9-5-4-6-10-26/h4-18,20,25,32,35,37,45,49H,19,21-24,41H2,1-3H3,(H,42,47)/t25-,32+,35+,37-,40+/m1/s1. The van der Waals surface area contributed by atoms with Crippen LogP contribution in [0.3, 0.4) is 0 Å². The van der Waals surface area contributed by atoms with Gasteiger partial charge in [-0.05, 0) is 78.7 Å². The first-order chi connectivity index (χ1) is 24.4. The Balaban J connectivity index is 1.26. The molecule has 3 heterocycles. The van der Waals surface area contributed by atoms with Gasteiger partial charge < -0.3 is 35.5 Å². The molecule has 7 rings (SSSR count). The van der Waals surface area contributed by atoms with Crippen molar-refractivity contribution in [3.05, 3.63) is 125 Å². The number of carbonyl (C=O) groups excluding carboxylic acids is 3. The summed E-state index contributed by atoms with van der Waals surface area (Å²) in [6, 6.07) is 29.2. The molecule has 10 nitrogen and oxygen atoms in total. The molecular weight excluding hydrogens is 661 g/mol. The lowest BCUT2D eigenvalue weighted by atomic mass is 9.82. The first-order valence-corrected chi connectivity index (χ1v) is 20.5. The van der Waals surface area contributed by atoms with Crippen LogP contribution in [0.25, 0.3) is 0 Å². The van der Waals surface area contributed by atoms with E-state index in [0.717, 1.165) is 16.7 Å². The quantitative estimate of drug-likeness (QED) is 0.146. The molecule has 0 saturated carbocycles. The number of amides is 3. The number of anilines is 3.